The molecule has 0 heterocycles. The number of benzene rings is 12. The van der Waals surface area contributed by atoms with Gasteiger partial charge in [0.15, 0.2) is 0 Å². The zero-order chi connectivity index (χ0) is 105. The van der Waals surface area contributed by atoms with Gasteiger partial charge in [-0.15, -0.1) is 11.8 Å². The van der Waals surface area contributed by atoms with Crippen molar-refractivity contribution in [2.75, 3.05) is 6.26 Å². The maximum atomic E-state index is 10.5. The van der Waals surface area contributed by atoms with Crippen molar-refractivity contribution in [3.05, 3.63) is 358 Å². The van der Waals surface area contributed by atoms with Crippen molar-refractivity contribution in [2.45, 2.75) is 349 Å². The van der Waals surface area contributed by atoms with Gasteiger partial charge in [-0.2, -0.15) is 0 Å². The zero-order valence-electron chi connectivity index (χ0n) is 89.3. The first-order valence-electron chi connectivity index (χ1n) is 47.8. The van der Waals surface area contributed by atoms with Crippen LogP contribution < -0.4 is 0 Å². The highest BCUT2D eigenvalue weighted by Gasteiger charge is 2.35. The third-order valence-electron chi connectivity index (χ3n) is 24.3. The second-order valence-corrected chi connectivity index (χ2v) is 48.1. The smallest absolute Gasteiger partial charge is 0.0851 e. The fourth-order valence-electron chi connectivity index (χ4n) is 15.4. The van der Waals surface area contributed by atoms with E-state index in [2.05, 4.69) is 106 Å². The minimum atomic E-state index is -0.973. The number of aliphatic hydroxyl groups is 14. The molecule has 0 unspecified atom stereocenters. The maximum absolute atomic E-state index is 10.5. The number of hydrogen-bond donors (Lipinski definition) is 14. The summed E-state index contributed by atoms with van der Waals surface area (Å²) in [7, 11) is 0. The minimum Gasteiger partial charge on any atom is -0.386 e. The maximum Gasteiger partial charge on any atom is 0.0851 e. The molecule has 0 aromatic heterocycles. The van der Waals surface area contributed by atoms with E-state index in [0.29, 0.717) is 0 Å². The summed E-state index contributed by atoms with van der Waals surface area (Å²) in [6, 6.07) is 79.9. The second kappa shape index (κ2) is 44.9. The van der Waals surface area contributed by atoms with E-state index in [9.17, 15) is 71.5 Å². The van der Waals surface area contributed by atoms with Crippen LogP contribution in [0.5, 0.6) is 0 Å². The predicted molar refractivity (Wildman–Crippen MR) is 579 cm³/mol. The van der Waals surface area contributed by atoms with Crippen LogP contribution in [0, 0.1) is 0 Å². The van der Waals surface area contributed by atoms with E-state index in [1.165, 1.54) is 11.1 Å². The normalized spacial score (nSPS) is 13.0. The van der Waals surface area contributed by atoms with Gasteiger partial charge in [0.25, 0.3) is 0 Å². The lowest BCUT2D eigenvalue weighted by molar-refractivity contribution is 0.0527. The van der Waals surface area contributed by atoms with E-state index < -0.39 is 78.4 Å². The largest absolute Gasteiger partial charge is 0.386 e. The van der Waals surface area contributed by atoms with Crippen molar-refractivity contribution < 1.29 is 71.5 Å². The Morgan fingerprint density at radius 2 is 0.413 bits per heavy atom. The van der Waals surface area contributed by atoms with Crippen LogP contribution >= 0.6 is 27.7 Å². The van der Waals surface area contributed by atoms with Gasteiger partial charge in [-0.25, -0.2) is 0 Å². The Morgan fingerprint density at radius 1 is 0.196 bits per heavy atom. The van der Waals surface area contributed by atoms with Crippen molar-refractivity contribution in [3.8, 4) is 11.1 Å². The first-order valence-corrected chi connectivity index (χ1v) is 49.8. The van der Waals surface area contributed by atoms with E-state index in [0.717, 1.165) is 161 Å². The molecule has 16 heteroatoms. The van der Waals surface area contributed by atoms with Gasteiger partial charge in [-0.05, 0) is 411 Å². The molecule has 12 aromatic carbocycles. The van der Waals surface area contributed by atoms with Crippen LogP contribution in [0.4, 0.5) is 0 Å². The Kier molecular flexibility index (Phi) is 38.5. The highest BCUT2D eigenvalue weighted by atomic mass is 79.9. The number of aryl methyl sites for hydroxylation is 2. The fraction of sp³-hybridized carbons (Fsp3) is 0.443. The average molecular weight is 1970 g/mol. The highest BCUT2D eigenvalue weighted by molar-refractivity contribution is 9.10. The molecule has 0 amide bonds. The van der Waals surface area contributed by atoms with Crippen LogP contribution in [-0.4, -0.2) is 77.7 Å². The molecule has 14 N–H and O–H groups in total. The molecule has 0 radical (unpaired) electrons. The Hall–Kier alpha value is -8.57. The fourth-order valence-corrected chi connectivity index (χ4v) is 17.7. The van der Waals surface area contributed by atoms with Gasteiger partial charge in [-0.1, -0.05) is 264 Å². The van der Waals surface area contributed by atoms with E-state index in [1.807, 2.05) is 200 Å². The lowest BCUT2D eigenvalue weighted by Gasteiger charge is -2.31. The number of fused-ring (bicyclic) bond motifs is 2. The number of thioether (sulfide) groups is 1. The Bertz CT molecular complexity index is 5680. The molecule has 138 heavy (non-hydrogen) atoms. The third-order valence-corrected chi connectivity index (χ3v) is 26.0. The Labute approximate surface area is 839 Å². The van der Waals surface area contributed by atoms with Crippen molar-refractivity contribution in [1.29, 1.82) is 0 Å². The summed E-state index contributed by atoms with van der Waals surface area (Å²) in [5.41, 5.74) is 8.78. The summed E-state index contributed by atoms with van der Waals surface area (Å²) >= 11 is 5.11. The van der Waals surface area contributed by atoms with Gasteiger partial charge < -0.3 is 71.5 Å². The molecule has 750 valence electrons. The summed E-state index contributed by atoms with van der Waals surface area (Å²) < 4.78 is 0.778. The van der Waals surface area contributed by atoms with E-state index in [1.54, 1.807) is 206 Å². The molecule has 0 saturated heterocycles. The van der Waals surface area contributed by atoms with Crippen LogP contribution in [0.2, 0.25) is 0 Å². The molecule has 0 aliphatic carbocycles. The van der Waals surface area contributed by atoms with Crippen molar-refractivity contribution in [2.24, 2.45) is 0 Å². The van der Waals surface area contributed by atoms with Crippen molar-refractivity contribution in [1.82, 2.24) is 0 Å². The van der Waals surface area contributed by atoms with Crippen LogP contribution in [0.25, 0.3) is 32.7 Å². The highest BCUT2D eigenvalue weighted by Crippen LogP contribution is 2.44. The number of halogens is 1. The molecule has 0 aliphatic rings. The molecule has 12 aromatic rings. The zero-order valence-corrected chi connectivity index (χ0v) is 91.7. The van der Waals surface area contributed by atoms with Crippen LogP contribution in [0.1, 0.15) is 347 Å². The summed E-state index contributed by atoms with van der Waals surface area (Å²) in [5.74, 6) is 0. The van der Waals surface area contributed by atoms with Crippen molar-refractivity contribution >= 4 is 49.2 Å². The molecule has 12 rings (SSSR count). The predicted octanol–water partition coefficient (Wildman–Crippen LogP) is 26.4. The molecule has 0 fully saturated rings. The monoisotopic (exact) mass is 1970 g/mol. The summed E-state index contributed by atoms with van der Waals surface area (Å²) in [5, 5.41) is 147. The second-order valence-electron chi connectivity index (χ2n) is 46.5. The van der Waals surface area contributed by atoms with Crippen LogP contribution in [0.3, 0.4) is 0 Å². The van der Waals surface area contributed by atoms with Crippen LogP contribution in [-0.2, 0) is 109 Å². The standard InChI is InChI=1S/C20H26O2.C19H24O2.C18H22O2.C17H28O2S.C16H25BrO2.2C16H20O2/c1-19(2,21)17-9-5-7-15(13-17)11-12-16-8-6-10-18(14-16)20(3,4)22;1-18(2,20)16-9-5-7-14(12-16)11-15-8-6-10-17(13-15)19(3,4)21;1-17(2,19)15-9-5-7-13(11-15)14-8-6-10-16(12-14)18(3,4)20;1-15(2,3)11-9-12(16(4,5)18)14(20-8)13(10-11)17(6,7)19;1-14(2,3)10-8-11(15(4,5)18)13(17)12(9-10)16(6,7)19;1-15(2,17)13-7-5-12-10-14(16(3,4)18)8-6-11(12)9-13;1-15(2,17)13-9-11-7-5-6-8-12(11)10-14(13)16(3,4)18/h5-10,13-14,21-22H,11-12H2,1-4H3;5-10,12-13,20-21H,11H2,1-4H3;5-12,19-20H,1-4H3;9-10,18-19H,1-8H3;8-9,18-19H,1-7H3;2*5-10,17-18H,1-4H3. The average Bonchev–Trinajstić information content (AvgIpc) is 0.767. The topological polar surface area (TPSA) is 283 Å². The summed E-state index contributed by atoms with van der Waals surface area (Å²) in [4.78, 5) is 0.970. The first-order chi connectivity index (χ1) is 62.4. The van der Waals surface area contributed by atoms with Gasteiger partial charge in [0, 0.05) is 9.37 Å². The van der Waals surface area contributed by atoms with E-state index in [-0.39, 0.29) is 10.8 Å². The SMILES string of the molecule is CC(C)(C)c1cc(C(C)(C)O)c(Br)c(C(C)(C)O)c1.CC(C)(O)c1cc2ccccc2cc1C(C)(C)O.CC(C)(O)c1ccc2cc(C(C)(C)O)ccc2c1.CC(C)(O)c1cccc(-c2cccc(C(C)(C)O)c2)c1.CC(C)(O)c1cccc(CCc2cccc(C(C)(C)O)c2)c1.CC(C)(O)c1cccc(Cc2cccc(C(C)(C)O)c2)c1.CSc1c(C(C)(C)O)cc(C(C)(C)C)cc1C(C)(C)O. The quantitative estimate of drug-likeness (QED) is 0.0298. The molecule has 0 saturated carbocycles. The van der Waals surface area contributed by atoms with Gasteiger partial charge in [0.1, 0.15) is 0 Å². The lowest BCUT2D eigenvalue weighted by atomic mass is 9.80. The van der Waals surface area contributed by atoms with Gasteiger partial charge in [-0.3, -0.25) is 0 Å². The minimum absolute atomic E-state index is 0.0308. The molecule has 0 atom stereocenters. The summed E-state index contributed by atoms with van der Waals surface area (Å²) in [6.45, 7) is 62.6. The van der Waals surface area contributed by atoms with Crippen LogP contribution in [0.15, 0.2) is 252 Å². The Balaban J connectivity index is 0.000000247. The van der Waals surface area contributed by atoms with Gasteiger partial charge in [0.2, 0.25) is 0 Å². The Morgan fingerprint density at radius 3 is 0.652 bits per heavy atom. The molecular formula is C122H165BrO14S. The van der Waals surface area contributed by atoms with Gasteiger partial charge >= 0.3 is 0 Å². The van der Waals surface area contributed by atoms with Gasteiger partial charge in [0.05, 0.1) is 78.4 Å². The first kappa shape index (κ1) is 118. The number of rotatable bonds is 21. The molecule has 0 aliphatic heterocycles. The van der Waals surface area contributed by atoms with E-state index in [4.69, 9.17) is 0 Å². The third kappa shape index (κ3) is 35.5. The van der Waals surface area contributed by atoms with E-state index >= 15 is 0 Å². The molecule has 14 nitrogen and oxygen atoms in total. The molecular weight excluding hydrogens is 1800 g/mol. The van der Waals surface area contributed by atoms with Crippen molar-refractivity contribution in [3.63, 3.8) is 0 Å². The lowest BCUT2D eigenvalue weighted by Crippen LogP contribution is -2.25. The molecule has 0 spiro atoms. The number of hydrogen-bond acceptors (Lipinski definition) is 15. The summed E-state index contributed by atoms with van der Waals surface area (Å²) in [6.07, 6.45) is 4.60. The molecule has 0 bridgehead atoms.